The Kier molecular flexibility index (Phi) is 8.86. The van der Waals surface area contributed by atoms with Crippen LogP contribution in [0.15, 0.2) is 4.99 Å². The first-order chi connectivity index (χ1) is 12.5. The molecule has 1 amide bonds. The molecule has 2 rings (SSSR count). The van der Waals surface area contributed by atoms with Gasteiger partial charge in [-0.05, 0) is 33.1 Å². The topological polar surface area (TPSA) is 84.0 Å². The lowest BCUT2D eigenvalue weighted by molar-refractivity contribution is -0.106. The summed E-state index contributed by atoms with van der Waals surface area (Å²) in [6.45, 7) is 15.7. The standard InChI is InChI=1S/C20H38N4O3.HI/c1-12(2)14(23-18(25)27-19(3,4)5)11-22-17(21-8)24-15-13-9-10-26-16(13)20(15,6)7;/h12-16H,9-11H2,1-8H3,(H,23,25)(H2,21,22,24);1H. The Bertz CT molecular complexity index is 560. The Balaban J connectivity index is 0.00000392. The normalized spacial score (nSPS) is 27.2. The van der Waals surface area contributed by atoms with Crippen molar-refractivity contribution in [2.45, 2.75) is 78.7 Å². The summed E-state index contributed by atoms with van der Waals surface area (Å²) in [7, 11) is 1.77. The number of rotatable bonds is 5. The van der Waals surface area contributed by atoms with E-state index in [4.69, 9.17) is 9.47 Å². The van der Waals surface area contributed by atoms with Gasteiger partial charge >= 0.3 is 6.09 Å². The second-order valence-corrected chi connectivity index (χ2v) is 9.64. The molecule has 28 heavy (non-hydrogen) atoms. The molecule has 0 aromatic heterocycles. The second-order valence-electron chi connectivity index (χ2n) is 9.64. The number of carbonyl (C=O) groups is 1. The highest BCUT2D eigenvalue weighted by Crippen LogP contribution is 2.52. The minimum absolute atomic E-state index is 0. The third kappa shape index (κ3) is 6.11. The molecule has 4 unspecified atom stereocenters. The molecule has 7 nitrogen and oxygen atoms in total. The van der Waals surface area contributed by atoms with Gasteiger partial charge in [0.2, 0.25) is 0 Å². The average molecular weight is 510 g/mol. The van der Waals surface area contributed by atoms with E-state index in [1.807, 2.05) is 20.8 Å². The monoisotopic (exact) mass is 510 g/mol. The molecule has 0 radical (unpaired) electrons. The Morgan fingerprint density at radius 3 is 2.50 bits per heavy atom. The zero-order valence-corrected chi connectivity index (χ0v) is 20.9. The van der Waals surface area contributed by atoms with Crippen LogP contribution in [0.25, 0.3) is 0 Å². The van der Waals surface area contributed by atoms with E-state index in [0.717, 1.165) is 19.0 Å². The molecule has 2 aliphatic rings. The van der Waals surface area contributed by atoms with E-state index < -0.39 is 11.7 Å². The van der Waals surface area contributed by atoms with Crippen LogP contribution in [0.5, 0.6) is 0 Å². The minimum Gasteiger partial charge on any atom is -0.444 e. The van der Waals surface area contributed by atoms with Crippen molar-refractivity contribution in [3.05, 3.63) is 0 Å². The van der Waals surface area contributed by atoms with Gasteiger partial charge < -0.3 is 25.4 Å². The smallest absolute Gasteiger partial charge is 0.407 e. The minimum atomic E-state index is -0.508. The number of fused-ring (bicyclic) bond motifs is 1. The summed E-state index contributed by atoms with van der Waals surface area (Å²) < 4.78 is 11.2. The van der Waals surface area contributed by atoms with Crippen LogP contribution in [0.1, 0.15) is 54.9 Å². The van der Waals surface area contributed by atoms with Gasteiger partial charge in [0.05, 0.1) is 12.1 Å². The van der Waals surface area contributed by atoms with Gasteiger partial charge in [0.25, 0.3) is 0 Å². The Morgan fingerprint density at radius 1 is 1.32 bits per heavy atom. The number of ether oxygens (including phenoxy) is 2. The zero-order valence-electron chi connectivity index (χ0n) is 18.6. The van der Waals surface area contributed by atoms with Crippen molar-refractivity contribution in [2.24, 2.45) is 22.2 Å². The third-order valence-electron chi connectivity index (χ3n) is 5.61. The first kappa shape index (κ1) is 25.3. The summed E-state index contributed by atoms with van der Waals surface area (Å²) in [6, 6.07) is 0.280. The van der Waals surface area contributed by atoms with Crippen LogP contribution in [0.2, 0.25) is 0 Å². The van der Waals surface area contributed by atoms with Gasteiger partial charge in [-0.2, -0.15) is 0 Å². The molecule has 8 heteroatoms. The SMILES string of the molecule is CN=C(NCC(NC(=O)OC(C)(C)C)C(C)C)NC1C2CCOC2C1(C)C.I. The number of carbonyl (C=O) groups excluding carboxylic acids is 1. The van der Waals surface area contributed by atoms with Gasteiger partial charge in [0, 0.05) is 37.6 Å². The number of hydrogen-bond donors (Lipinski definition) is 3. The second kappa shape index (κ2) is 9.82. The number of hydrogen-bond acceptors (Lipinski definition) is 4. The molecule has 1 heterocycles. The number of amides is 1. The van der Waals surface area contributed by atoms with Crippen molar-refractivity contribution >= 4 is 36.0 Å². The van der Waals surface area contributed by atoms with Crippen molar-refractivity contribution in [1.29, 1.82) is 0 Å². The molecule has 0 bridgehead atoms. The van der Waals surface area contributed by atoms with Crippen LogP contribution in [0, 0.1) is 17.3 Å². The maximum atomic E-state index is 12.1. The predicted molar refractivity (Wildman–Crippen MR) is 123 cm³/mol. The molecule has 3 N–H and O–H groups in total. The molecule has 0 aromatic rings. The highest BCUT2D eigenvalue weighted by molar-refractivity contribution is 14.0. The molecule has 0 aromatic carbocycles. The van der Waals surface area contributed by atoms with Crippen LogP contribution < -0.4 is 16.0 Å². The van der Waals surface area contributed by atoms with Crippen molar-refractivity contribution in [3.8, 4) is 0 Å². The van der Waals surface area contributed by atoms with Gasteiger partial charge in [-0.25, -0.2) is 4.79 Å². The Morgan fingerprint density at radius 2 is 1.96 bits per heavy atom. The van der Waals surface area contributed by atoms with Crippen LogP contribution in [0.3, 0.4) is 0 Å². The van der Waals surface area contributed by atoms with E-state index >= 15 is 0 Å². The molecule has 1 aliphatic carbocycles. The summed E-state index contributed by atoms with van der Waals surface area (Å²) in [6.07, 6.45) is 1.04. The fourth-order valence-electron chi connectivity index (χ4n) is 4.08. The van der Waals surface area contributed by atoms with Crippen LogP contribution in [0.4, 0.5) is 4.79 Å². The lowest BCUT2D eigenvalue weighted by Crippen LogP contribution is -2.68. The molecular formula is C20H39IN4O3. The quantitative estimate of drug-likeness (QED) is 0.301. The van der Waals surface area contributed by atoms with Gasteiger partial charge in [0.15, 0.2) is 5.96 Å². The molecule has 1 aliphatic heterocycles. The maximum Gasteiger partial charge on any atom is 0.407 e. The van der Waals surface area contributed by atoms with Crippen molar-refractivity contribution < 1.29 is 14.3 Å². The lowest BCUT2D eigenvalue weighted by Gasteiger charge is -2.55. The van der Waals surface area contributed by atoms with Crippen LogP contribution in [-0.2, 0) is 9.47 Å². The van der Waals surface area contributed by atoms with E-state index in [1.165, 1.54) is 0 Å². The molecular weight excluding hydrogens is 471 g/mol. The van der Waals surface area contributed by atoms with E-state index in [1.54, 1.807) is 7.05 Å². The zero-order chi connectivity index (χ0) is 20.4. The number of guanidine groups is 1. The lowest BCUT2D eigenvalue weighted by atomic mass is 9.57. The van der Waals surface area contributed by atoms with Gasteiger partial charge in [0.1, 0.15) is 5.60 Å². The number of nitrogens with zero attached hydrogens (tertiary/aromatic N) is 1. The van der Waals surface area contributed by atoms with E-state index in [9.17, 15) is 4.79 Å². The summed E-state index contributed by atoms with van der Waals surface area (Å²) in [5.74, 6) is 1.56. The van der Waals surface area contributed by atoms with Crippen molar-refractivity contribution in [2.75, 3.05) is 20.2 Å². The van der Waals surface area contributed by atoms with Gasteiger partial charge in [-0.1, -0.05) is 27.7 Å². The van der Waals surface area contributed by atoms with E-state index in [0.29, 0.717) is 24.6 Å². The number of alkyl carbamates (subject to hydrolysis) is 1. The fourth-order valence-corrected chi connectivity index (χ4v) is 4.08. The third-order valence-corrected chi connectivity index (χ3v) is 5.61. The first-order valence-corrected chi connectivity index (χ1v) is 10.0. The highest BCUT2D eigenvalue weighted by atomic mass is 127. The summed E-state index contributed by atoms with van der Waals surface area (Å²) in [4.78, 5) is 16.5. The molecule has 1 saturated carbocycles. The molecule has 4 atom stereocenters. The fraction of sp³-hybridized carbons (Fsp3) is 0.900. The molecule has 1 saturated heterocycles. The van der Waals surface area contributed by atoms with Crippen LogP contribution in [-0.4, -0.2) is 56.0 Å². The summed E-state index contributed by atoms with van der Waals surface area (Å²) in [5, 5.41) is 9.89. The van der Waals surface area contributed by atoms with E-state index in [2.05, 4.69) is 48.6 Å². The van der Waals surface area contributed by atoms with Crippen molar-refractivity contribution in [3.63, 3.8) is 0 Å². The molecule has 0 spiro atoms. The number of halogens is 1. The van der Waals surface area contributed by atoms with E-state index in [-0.39, 0.29) is 41.4 Å². The highest BCUT2D eigenvalue weighted by Gasteiger charge is 2.59. The summed E-state index contributed by atoms with van der Waals surface area (Å²) >= 11 is 0. The Hall–Kier alpha value is -0.770. The average Bonchev–Trinajstić information content (AvgIpc) is 2.98. The number of nitrogens with one attached hydrogen (secondary N) is 3. The summed E-state index contributed by atoms with van der Waals surface area (Å²) in [5.41, 5.74) is -0.419. The molecule has 164 valence electrons. The largest absolute Gasteiger partial charge is 0.444 e. The predicted octanol–water partition coefficient (Wildman–Crippen LogP) is 3.13. The molecule has 2 fully saturated rings. The Labute approximate surface area is 187 Å². The maximum absolute atomic E-state index is 12.1. The van der Waals surface area contributed by atoms with Crippen molar-refractivity contribution in [1.82, 2.24) is 16.0 Å². The van der Waals surface area contributed by atoms with Crippen LogP contribution >= 0.6 is 24.0 Å². The van der Waals surface area contributed by atoms with Gasteiger partial charge in [-0.15, -0.1) is 24.0 Å². The number of aliphatic imine (C=N–C) groups is 1. The first-order valence-electron chi connectivity index (χ1n) is 10.0. The van der Waals surface area contributed by atoms with Gasteiger partial charge in [-0.3, -0.25) is 4.99 Å².